The van der Waals surface area contributed by atoms with E-state index < -0.39 is 23.7 Å². The van der Waals surface area contributed by atoms with Crippen LogP contribution in [0, 0.1) is 11.6 Å². The van der Waals surface area contributed by atoms with Crippen LogP contribution < -0.4 is 20.5 Å². The maximum Gasteiger partial charge on any atom is 0.573 e. The summed E-state index contributed by atoms with van der Waals surface area (Å²) in [5, 5.41) is 6.89. The number of rotatable bonds is 7. The van der Waals surface area contributed by atoms with Gasteiger partial charge in [0, 0.05) is 43.6 Å². The Morgan fingerprint density at radius 2 is 1.80 bits per heavy atom. The van der Waals surface area contributed by atoms with Crippen LogP contribution in [0.15, 0.2) is 42.6 Å². The van der Waals surface area contributed by atoms with E-state index in [9.17, 15) is 22.0 Å². The molecule has 160 valence electrons. The number of aryl methyl sites for hydroxylation is 1. The van der Waals surface area contributed by atoms with Crippen molar-refractivity contribution in [3.63, 3.8) is 0 Å². The first-order valence-electron chi connectivity index (χ1n) is 8.59. The molecular weight excluding hydrogens is 411 g/mol. The molecule has 0 saturated carbocycles. The Bertz CT molecular complexity index is 1040. The lowest BCUT2D eigenvalue weighted by Gasteiger charge is -2.14. The lowest BCUT2D eigenvalue weighted by Crippen LogP contribution is -2.17. The van der Waals surface area contributed by atoms with Gasteiger partial charge in [-0.25, -0.2) is 8.78 Å². The number of halogens is 5. The largest absolute Gasteiger partial charge is 0.573 e. The van der Waals surface area contributed by atoms with Gasteiger partial charge in [0.25, 0.3) is 0 Å². The molecule has 3 N–H and O–H groups in total. The fourth-order valence-electron chi connectivity index (χ4n) is 2.58. The highest BCUT2D eigenvalue weighted by Gasteiger charge is 2.31. The molecule has 0 fully saturated rings. The number of alkyl halides is 3. The van der Waals surface area contributed by atoms with E-state index in [0.29, 0.717) is 11.8 Å². The van der Waals surface area contributed by atoms with Gasteiger partial charge in [-0.2, -0.15) is 5.10 Å². The molecule has 11 heteroatoms. The maximum absolute atomic E-state index is 14.1. The highest BCUT2D eigenvalue weighted by Crippen LogP contribution is 2.30. The number of aromatic nitrogens is 2. The number of benzene rings is 2. The summed E-state index contributed by atoms with van der Waals surface area (Å²) in [6.07, 6.45) is -3.19. The van der Waals surface area contributed by atoms with Gasteiger partial charge in [0.05, 0.1) is 17.1 Å². The molecular formula is C19H17F5N4O2. The molecule has 30 heavy (non-hydrogen) atoms. The molecule has 0 radical (unpaired) electrons. The van der Waals surface area contributed by atoms with Crippen LogP contribution in [0.4, 0.5) is 33.3 Å². The van der Waals surface area contributed by atoms with Gasteiger partial charge in [0.15, 0.2) is 5.82 Å². The molecule has 3 aromatic rings. The minimum absolute atomic E-state index is 0.0316. The predicted molar refractivity (Wildman–Crippen MR) is 98.8 cm³/mol. The van der Waals surface area contributed by atoms with E-state index >= 15 is 0 Å². The second-order valence-corrected chi connectivity index (χ2v) is 6.29. The summed E-state index contributed by atoms with van der Waals surface area (Å²) in [5.41, 5.74) is 6.30. The summed E-state index contributed by atoms with van der Waals surface area (Å²) in [6, 6.07) is 6.98. The topological polar surface area (TPSA) is 74.3 Å². The second kappa shape index (κ2) is 8.47. The van der Waals surface area contributed by atoms with E-state index in [0.717, 1.165) is 18.2 Å². The normalized spacial score (nSPS) is 11.4. The molecule has 1 heterocycles. The van der Waals surface area contributed by atoms with Crippen LogP contribution in [-0.4, -0.2) is 16.1 Å². The number of nitrogens with two attached hydrogens (primary N) is 1. The number of nitrogens with one attached hydrogen (secondary N) is 1. The van der Waals surface area contributed by atoms with E-state index in [1.807, 2.05) is 0 Å². The van der Waals surface area contributed by atoms with Crippen LogP contribution in [-0.2, 0) is 20.2 Å². The first-order valence-corrected chi connectivity index (χ1v) is 8.59. The summed E-state index contributed by atoms with van der Waals surface area (Å²) in [4.78, 5) is 0. The fourth-order valence-corrected chi connectivity index (χ4v) is 2.58. The standard InChI is InChI=1S/C19H17F5N4O2/c1-28-5-4-12(27-28)10-29-14-7-16(21)18(25)17(8-14)26-9-11-2-3-13(6-15(11)20)30-19(22,23)24/h2-8,26H,9-10,25H2,1H3. The quantitative estimate of drug-likeness (QED) is 0.432. The van der Waals surface area contributed by atoms with Crippen LogP contribution >= 0.6 is 0 Å². The van der Waals surface area contributed by atoms with Crippen LogP contribution in [0.25, 0.3) is 0 Å². The zero-order valence-electron chi connectivity index (χ0n) is 15.6. The van der Waals surface area contributed by atoms with Crippen molar-refractivity contribution in [2.24, 2.45) is 7.05 Å². The minimum atomic E-state index is -4.92. The summed E-state index contributed by atoms with van der Waals surface area (Å²) in [5.74, 6) is -2.18. The average Bonchev–Trinajstić information content (AvgIpc) is 3.06. The van der Waals surface area contributed by atoms with Crippen molar-refractivity contribution in [2.75, 3.05) is 11.1 Å². The van der Waals surface area contributed by atoms with E-state index in [1.165, 1.54) is 6.07 Å². The Hall–Kier alpha value is -3.50. The number of nitrogen functional groups attached to an aromatic ring is 1. The third kappa shape index (κ3) is 5.52. The Balaban J connectivity index is 1.69. The lowest BCUT2D eigenvalue weighted by molar-refractivity contribution is -0.274. The van der Waals surface area contributed by atoms with Crippen molar-refractivity contribution in [1.29, 1.82) is 0 Å². The van der Waals surface area contributed by atoms with E-state index in [-0.39, 0.29) is 35.8 Å². The number of ether oxygens (including phenoxy) is 2. The number of hydrogen-bond donors (Lipinski definition) is 2. The summed E-state index contributed by atoms with van der Waals surface area (Å²) < 4.78 is 75.6. The average molecular weight is 428 g/mol. The highest BCUT2D eigenvalue weighted by atomic mass is 19.4. The maximum atomic E-state index is 14.1. The fraction of sp³-hybridized carbons (Fsp3) is 0.211. The first kappa shape index (κ1) is 21.2. The van der Waals surface area contributed by atoms with Crippen LogP contribution in [0.2, 0.25) is 0 Å². The molecule has 0 unspecified atom stereocenters. The van der Waals surface area contributed by atoms with Gasteiger partial charge in [-0.15, -0.1) is 13.2 Å². The Morgan fingerprint density at radius 1 is 1.07 bits per heavy atom. The molecule has 2 aromatic carbocycles. The first-order chi connectivity index (χ1) is 14.1. The van der Waals surface area contributed by atoms with Crippen LogP contribution in [0.3, 0.4) is 0 Å². The molecule has 0 aliphatic carbocycles. The zero-order chi connectivity index (χ0) is 21.9. The van der Waals surface area contributed by atoms with Crippen molar-refractivity contribution in [2.45, 2.75) is 19.5 Å². The van der Waals surface area contributed by atoms with E-state index in [1.54, 1.807) is 24.0 Å². The van der Waals surface area contributed by atoms with E-state index in [2.05, 4.69) is 15.2 Å². The predicted octanol–water partition coefficient (Wildman–Crippen LogP) is 4.37. The van der Waals surface area contributed by atoms with Crippen LogP contribution in [0.5, 0.6) is 11.5 Å². The molecule has 0 saturated heterocycles. The number of nitrogens with zero attached hydrogens (tertiary/aromatic N) is 2. The molecule has 6 nitrogen and oxygen atoms in total. The Morgan fingerprint density at radius 3 is 2.43 bits per heavy atom. The van der Waals surface area contributed by atoms with Gasteiger partial charge < -0.3 is 20.5 Å². The highest BCUT2D eigenvalue weighted by molar-refractivity contribution is 5.69. The number of hydrogen-bond acceptors (Lipinski definition) is 5. The Kier molecular flexibility index (Phi) is 5.99. The third-order valence-corrected chi connectivity index (χ3v) is 3.99. The third-order valence-electron chi connectivity index (χ3n) is 3.99. The van der Waals surface area contributed by atoms with Gasteiger partial charge in [-0.05, 0) is 12.1 Å². The SMILES string of the molecule is Cn1ccc(COc2cc(F)c(N)c(NCc3ccc(OC(F)(F)F)cc3F)c2)n1. The molecule has 0 atom stereocenters. The summed E-state index contributed by atoms with van der Waals surface area (Å²) in [6.45, 7) is -0.0651. The molecule has 1 aromatic heterocycles. The molecule has 3 rings (SSSR count). The number of anilines is 2. The van der Waals surface area contributed by atoms with Gasteiger partial charge in [0.2, 0.25) is 0 Å². The van der Waals surface area contributed by atoms with Crippen molar-refractivity contribution in [3.05, 3.63) is 65.5 Å². The van der Waals surface area contributed by atoms with Crippen LogP contribution in [0.1, 0.15) is 11.3 Å². The monoisotopic (exact) mass is 428 g/mol. The lowest BCUT2D eigenvalue weighted by atomic mass is 10.2. The van der Waals surface area contributed by atoms with Crippen molar-refractivity contribution in [3.8, 4) is 11.5 Å². The smallest absolute Gasteiger partial charge is 0.487 e. The Labute approximate surface area is 168 Å². The molecule has 0 bridgehead atoms. The molecule has 0 spiro atoms. The van der Waals surface area contributed by atoms with Gasteiger partial charge >= 0.3 is 6.36 Å². The summed E-state index contributed by atoms with van der Waals surface area (Å²) in [7, 11) is 1.75. The molecule has 0 aliphatic rings. The van der Waals surface area contributed by atoms with Crippen molar-refractivity contribution >= 4 is 11.4 Å². The summed E-state index contributed by atoms with van der Waals surface area (Å²) >= 11 is 0. The van der Waals surface area contributed by atoms with Crippen molar-refractivity contribution in [1.82, 2.24) is 9.78 Å². The second-order valence-electron chi connectivity index (χ2n) is 6.29. The molecule has 0 aliphatic heterocycles. The molecule has 0 amide bonds. The van der Waals surface area contributed by atoms with E-state index in [4.69, 9.17) is 10.5 Å². The van der Waals surface area contributed by atoms with Gasteiger partial charge in [-0.1, -0.05) is 6.07 Å². The van der Waals surface area contributed by atoms with Crippen molar-refractivity contribution < 1.29 is 31.4 Å². The zero-order valence-corrected chi connectivity index (χ0v) is 15.6. The van der Waals surface area contributed by atoms with Gasteiger partial charge in [0.1, 0.15) is 23.9 Å². The minimum Gasteiger partial charge on any atom is -0.487 e. The van der Waals surface area contributed by atoms with Gasteiger partial charge in [-0.3, -0.25) is 4.68 Å².